The lowest BCUT2D eigenvalue weighted by molar-refractivity contribution is 0.719. The minimum atomic E-state index is 0.320. The SMILES string of the molecule is Cc1nc(C(C)C)nc(NCCn2ccnc2)c1Br. The Morgan fingerprint density at radius 3 is 2.79 bits per heavy atom. The van der Waals surface area contributed by atoms with Gasteiger partial charge in [0.15, 0.2) is 0 Å². The molecule has 1 N–H and O–H groups in total. The molecule has 19 heavy (non-hydrogen) atoms. The molecule has 6 heteroatoms. The molecule has 2 aromatic rings. The summed E-state index contributed by atoms with van der Waals surface area (Å²) in [5, 5.41) is 3.34. The third kappa shape index (κ3) is 3.53. The van der Waals surface area contributed by atoms with Crippen LogP contribution in [0.25, 0.3) is 0 Å². The maximum atomic E-state index is 4.56. The number of aromatic nitrogens is 4. The van der Waals surface area contributed by atoms with E-state index in [1.165, 1.54) is 0 Å². The van der Waals surface area contributed by atoms with Crippen molar-refractivity contribution in [1.29, 1.82) is 0 Å². The normalized spacial score (nSPS) is 11.0. The van der Waals surface area contributed by atoms with Crippen LogP contribution >= 0.6 is 15.9 Å². The molecule has 0 aliphatic heterocycles. The number of hydrogen-bond acceptors (Lipinski definition) is 4. The third-order valence-electron chi connectivity index (χ3n) is 2.77. The van der Waals surface area contributed by atoms with Crippen molar-refractivity contribution < 1.29 is 0 Å². The summed E-state index contributed by atoms with van der Waals surface area (Å²) in [7, 11) is 0. The van der Waals surface area contributed by atoms with Crippen molar-refractivity contribution in [3.05, 3.63) is 34.7 Å². The van der Waals surface area contributed by atoms with Crippen molar-refractivity contribution in [3.8, 4) is 0 Å². The number of halogens is 1. The fourth-order valence-corrected chi connectivity index (χ4v) is 2.00. The van der Waals surface area contributed by atoms with E-state index in [0.717, 1.165) is 34.9 Å². The van der Waals surface area contributed by atoms with Crippen LogP contribution in [0.4, 0.5) is 5.82 Å². The smallest absolute Gasteiger partial charge is 0.144 e. The summed E-state index contributed by atoms with van der Waals surface area (Å²) in [5.41, 5.74) is 0.962. The highest BCUT2D eigenvalue weighted by Gasteiger charge is 2.11. The van der Waals surface area contributed by atoms with Crippen LogP contribution in [0.15, 0.2) is 23.2 Å². The van der Waals surface area contributed by atoms with Gasteiger partial charge in [-0.3, -0.25) is 0 Å². The van der Waals surface area contributed by atoms with E-state index < -0.39 is 0 Å². The van der Waals surface area contributed by atoms with Gasteiger partial charge in [-0.2, -0.15) is 0 Å². The second-order valence-corrected chi connectivity index (χ2v) is 5.50. The lowest BCUT2D eigenvalue weighted by atomic mass is 10.2. The van der Waals surface area contributed by atoms with Gasteiger partial charge in [0, 0.05) is 31.4 Å². The first kappa shape index (κ1) is 14.0. The minimum absolute atomic E-state index is 0.320. The first-order valence-corrected chi connectivity index (χ1v) is 7.11. The Balaban J connectivity index is 2.06. The van der Waals surface area contributed by atoms with Gasteiger partial charge in [-0.05, 0) is 22.9 Å². The van der Waals surface area contributed by atoms with Crippen molar-refractivity contribution >= 4 is 21.7 Å². The minimum Gasteiger partial charge on any atom is -0.367 e. The van der Waals surface area contributed by atoms with Crippen molar-refractivity contribution in [2.45, 2.75) is 33.2 Å². The number of imidazole rings is 1. The van der Waals surface area contributed by atoms with Gasteiger partial charge in [0.25, 0.3) is 0 Å². The molecule has 0 radical (unpaired) electrons. The largest absolute Gasteiger partial charge is 0.367 e. The fourth-order valence-electron chi connectivity index (χ4n) is 1.68. The van der Waals surface area contributed by atoms with Crippen LogP contribution in [-0.4, -0.2) is 26.1 Å². The van der Waals surface area contributed by atoms with E-state index in [0.29, 0.717) is 5.92 Å². The second-order valence-electron chi connectivity index (χ2n) is 4.71. The molecule has 0 bridgehead atoms. The first-order valence-electron chi connectivity index (χ1n) is 6.31. The molecule has 0 atom stereocenters. The van der Waals surface area contributed by atoms with E-state index in [9.17, 15) is 0 Å². The molecule has 0 spiro atoms. The molecular weight excluding hydrogens is 306 g/mol. The van der Waals surface area contributed by atoms with E-state index in [1.807, 2.05) is 24.0 Å². The Kier molecular flexibility index (Phi) is 4.52. The molecule has 0 amide bonds. The molecule has 2 aromatic heterocycles. The summed E-state index contributed by atoms with van der Waals surface area (Å²) in [5.74, 6) is 2.04. The zero-order valence-corrected chi connectivity index (χ0v) is 13.0. The molecule has 0 fully saturated rings. The third-order valence-corrected chi connectivity index (χ3v) is 3.72. The molecule has 5 nitrogen and oxygen atoms in total. The lowest BCUT2D eigenvalue weighted by Gasteiger charge is -2.13. The number of nitrogens with zero attached hydrogens (tertiary/aromatic N) is 4. The van der Waals surface area contributed by atoms with Gasteiger partial charge in [-0.25, -0.2) is 15.0 Å². The van der Waals surface area contributed by atoms with Gasteiger partial charge in [-0.15, -0.1) is 0 Å². The summed E-state index contributed by atoms with van der Waals surface area (Å²) in [6.07, 6.45) is 5.53. The van der Waals surface area contributed by atoms with Crippen LogP contribution in [-0.2, 0) is 6.54 Å². The van der Waals surface area contributed by atoms with E-state index in [1.54, 1.807) is 6.20 Å². The summed E-state index contributed by atoms with van der Waals surface area (Å²) < 4.78 is 2.96. The zero-order chi connectivity index (χ0) is 13.8. The highest BCUT2D eigenvalue weighted by Crippen LogP contribution is 2.24. The number of anilines is 1. The van der Waals surface area contributed by atoms with Crippen LogP contribution in [0.1, 0.15) is 31.3 Å². The lowest BCUT2D eigenvalue weighted by Crippen LogP contribution is -2.13. The Morgan fingerprint density at radius 2 is 2.16 bits per heavy atom. The number of hydrogen-bond donors (Lipinski definition) is 1. The van der Waals surface area contributed by atoms with Gasteiger partial charge >= 0.3 is 0 Å². The molecule has 2 heterocycles. The zero-order valence-electron chi connectivity index (χ0n) is 11.4. The topological polar surface area (TPSA) is 55.6 Å². The average molecular weight is 324 g/mol. The Hall–Kier alpha value is -1.43. The van der Waals surface area contributed by atoms with E-state index in [4.69, 9.17) is 0 Å². The Labute approximate surface area is 121 Å². The predicted molar refractivity (Wildman–Crippen MR) is 79.3 cm³/mol. The molecule has 0 aliphatic rings. The van der Waals surface area contributed by atoms with Crippen LogP contribution in [0.5, 0.6) is 0 Å². The van der Waals surface area contributed by atoms with Gasteiger partial charge < -0.3 is 9.88 Å². The second kappa shape index (κ2) is 6.14. The van der Waals surface area contributed by atoms with Crippen molar-refractivity contribution in [2.75, 3.05) is 11.9 Å². The van der Waals surface area contributed by atoms with Crippen LogP contribution < -0.4 is 5.32 Å². The van der Waals surface area contributed by atoms with E-state index in [-0.39, 0.29) is 0 Å². The molecule has 2 rings (SSSR count). The molecule has 0 unspecified atom stereocenters. The Morgan fingerprint density at radius 1 is 1.37 bits per heavy atom. The van der Waals surface area contributed by atoms with E-state index in [2.05, 4.69) is 50.0 Å². The monoisotopic (exact) mass is 323 g/mol. The Bertz CT molecular complexity index is 536. The maximum absolute atomic E-state index is 4.56. The summed E-state index contributed by atoms with van der Waals surface area (Å²) >= 11 is 3.54. The fraction of sp³-hybridized carbons (Fsp3) is 0.462. The molecular formula is C13H18BrN5. The summed E-state index contributed by atoms with van der Waals surface area (Å²) in [6, 6.07) is 0. The molecule has 102 valence electrons. The molecule has 0 saturated carbocycles. The number of nitrogens with one attached hydrogen (secondary N) is 1. The van der Waals surface area contributed by atoms with Gasteiger partial charge in [0.05, 0.1) is 16.5 Å². The average Bonchev–Trinajstić information content (AvgIpc) is 2.87. The summed E-state index contributed by atoms with van der Waals surface area (Å²) in [6.45, 7) is 7.82. The highest BCUT2D eigenvalue weighted by atomic mass is 79.9. The summed E-state index contributed by atoms with van der Waals surface area (Å²) in [4.78, 5) is 13.1. The van der Waals surface area contributed by atoms with Crippen molar-refractivity contribution in [1.82, 2.24) is 19.5 Å². The van der Waals surface area contributed by atoms with Crippen molar-refractivity contribution in [2.24, 2.45) is 0 Å². The maximum Gasteiger partial charge on any atom is 0.144 e. The van der Waals surface area contributed by atoms with Crippen LogP contribution in [0, 0.1) is 6.92 Å². The van der Waals surface area contributed by atoms with Gasteiger partial charge in [0.2, 0.25) is 0 Å². The van der Waals surface area contributed by atoms with E-state index >= 15 is 0 Å². The van der Waals surface area contributed by atoms with Gasteiger partial charge in [-0.1, -0.05) is 13.8 Å². The predicted octanol–water partition coefficient (Wildman–Crippen LogP) is 2.98. The molecule has 0 aromatic carbocycles. The molecule has 0 aliphatic carbocycles. The van der Waals surface area contributed by atoms with Gasteiger partial charge in [0.1, 0.15) is 11.6 Å². The standard InChI is InChI=1S/C13H18BrN5/c1-9(2)12-17-10(3)11(14)13(18-12)16-5-7-19-6-4-15-8-19/h4,6,8-9H,5,7H2,1-3H3,(H,16,17,18). The van der Waals surface area contributed by atoms with Crippen LogP contribution in [0.3, 0.4) is 0 Å². The first-order chi connectivity index (χ1) is 9.08. The highest BCUT2D eigenvalue weighted by molar-refractivity contribution is 9.10. The van der Waals surface area contributed by atoms with Crippen molar-refractivity contribution in [3.63, 3.8) is 0 Å². The number of aryl methyl sites for hydroxylation is 1. The quantitative estimate of drug-likeness (QED) is 0.919. The van der Waals surface area contributed by atoms with Crippen LogP contribution in [0.2, 0.25) is 0 Å². The molecule has 0 saturated heterocycles. The number of rotatable bonds is 5.